The van der Waals surface area contributed by atoms with E-state index >= 15 is 0 Å². The van der Waals surface area contributed by atoms with Crippen molar-refractivity contribution in [1.82, 2.24) is 5.06 Å². The van der Waals surface area contributed by atoms with Crippen molar-refractivity contribution in [1.29, 1.82) is 0 Å². The average Bonchev–Trinajstić information content (AvgIpc) is 2.83. The molecule has 176 valence electrons. The maximum Gasteiger partial charge on any atom is 0.269 e. The molecule has 0 radical (unpaired) electrons. The molecule has 4 atom stereocenters. The predicted molar refractivity (Wildman–Crippen MR) is 127 cm³/mol. The first-order valence-corrected chi connectivity index (χ1v) is 12.2. The Morgan fingerprint density at radius 3 is 2.67 bits per heavy atom. The van der Waals surface area contributed by atoms with E-state index in [9.17, 15) is 10.1 Å². The van der Waals surface area contributed by atoms with Crippen LogP contribution in [-0.2, 0) is 23.4 Å². The molecule has 2 bridgehead atoms. The number of nitro benzene ring substituents is 1. The second-order valence-corrected chi connectivity index (χ2v) is 10.4. The van der Waals surface area contributed by atoms with E-state index in [0.717, 1.165) is 30.7 Å². The van der Waals surface area contributed by atoms with E-state index in [1.807, 2.05) is 0 Å². The first-order valence-electron chi connectivity index (χ1n) is 12.2. The van der Waals surface area contributed by atoms with Crippen molar-refractivity contribution in [3.8, 4) is 5.75 Å². The number of ether oxygens (including phenoxy) is 1. The van der Waals surface area contributed by atoms with Crippen LogP contribution in [-0.4, -0.2) is 23.6 Å². The number of hydrogen-bond acceptors (Lipinski definition) is 5. The van der Waals surface area contributed by atoms with Crippen molar-refractivity contribution in [2.24, 2.45) is 17.3 Å². The summed E-state index contributed by atoms with van der Waals surface area (Å²) in [6, 6.07) is 13.3. The Labute approximate surface area is 196 Å². The Morgan fingerprint density at radius 1 is 1.18 bits per heavy atom. The van der Waals surface area contributed by atoms with E-state index in [0.29, 0.717) is 18.4 Å². The van der Waals surface area contributed by atoms with Gasteiger partial charge in [0.2, 0.25) is 0 Å². The van der Waals surface area contributed by atoms with Crippen LogP contribution in [0.4, 0.5) is 5.69 Å². The lowest BCUT2D eigenvalue weighted by molar-refractivity contribution is -0.384. The number of methoxy groups -OCH3 is 1. The second kappa shape index (κ2) is 8.41. The van der Waals surface area contributed by atoms with Gasteiger partial charge in [-0.2, -0.15) is 5.06 Å². The van der Waals surface area contributed by atoms with Crippen LogP contribution < -0.4 is 4.74 Å². The van der Waals surface area contributed by atoms with Crippen LogP contribution in [0.3, 0.4) is 0 Å². The summed E-state index contributed by atoms with van der Waals surface area (Å²) >= 11 is 0. The van der Waals surface area contributed by atoms with E-state index in [1.54, 1.807) is 31.4 Å². The van der Waals surface area contributed by atoms with Gasteiger partial charge in [0.1, 0.15) is 5.75 Å². The highest BCUT2D eigenvalue weighted by molar-refractivity contribution is 5.44. The molecule has 2 saturated heterocycles. The molecule has 0 unspecified atom stereocenters. The smallest absolute Gasteiger partial charge is 0.269 e. The molecular formula is C27H34N2O4. The molecule has 2 heterocycles. The van der Waals surface area contributed by atoms with E-state index < -0.39 is 0 Å². The Balaban J connectivity index is 1.50. The lowest BCUT2D eigenvalue weighted by atomic mass is 9.47. The molecule has 6 heteroatoms. The molecule has 2 aromatic carbocycles. The van der Waals surface area contributed by atoms with Crippen LogP contribution in [0.2, 0.25) is 0 Å². The van der Waals surface area contributed by atoms with Crippen LogP contribution >= 0.6 is 0 Å². The maximum atomic E-state index is 11.0. The first-order chi connectivity index (χ1) is 15.9. The van der Waals surface area contributed by atoms with Gasteiger partial charge >= 0.3 is 0 Å². The average molecular weight is 451 g/mol. The van der Waals surface area contributed by atoms with E-state index in [4.69, 9.17) is 9.57 Å². The summed E-state index contributed by atoms with van der Waals surface area (Å²) in [5.41, 5.74) is 4.00. The molecule has 2 aliphatic heterocycles. The summed E-state index contributed by atoms with van der Waals surface area (Å²) in [7, 11) is 1.73. The minimum Gasteiger partial charge on any atom is -0.497 e. The zero-order valence-corrected chi connectivity index (χ0v) is 19.9. The number of piperidine rings is 2. The third-order valence-electron chi connectivity index (χ3n) is 8.66. The maximum absolute atomic E-state index is 11.0. The molecular weight excluding hydrogens is 416 g/mol. The number of fused-ring (bicyclic) bond motifs is 3. The number of aryl methyl sites for hydroxylation is 1. The molecule has 0 aromatic heterocycles. The third-order valence-corrected chi connectivity index (χ3v) is 8.66. The number of hydrogen-bond donors (Lipinski definition) is 0. The van der Waals surface area contributed by atoms with Crippen molar-refractivity contribution in [2.75, 3.05) is 13.7 Å². The van der Waals surface area contributed by atoms with Gasteiger partial charge in [-0.25, -0.2) is 0 Å². The van der Waals surface area contributed by atoms with Gasteiger partial charge in [-0.15, -0.1) is 0 Å². The largest absolute Gasteiger partial charge is 0.497 e. The van der Waals surface area contributed by atoms with Gasteiger partial charge in [-0.05, 0) is 90.3 Å². The van der Waals surface area contributed by atoms with Crippen molar-refractivity contribution < 1.29 is 14.5 Å². The van der Waals surface area contributed by atoms with E-state index in [2.05, 4.69) is 37.1 Å². The monoisotopic (exact) mass is 450 g/mol. The van der Waals surface area contributed by atoms with E-state index in [1.165, 1.54) is 36.8 Å². The number of benzene rings is 2. The van der Waals surface area contributed by atoms with Crippen molar-refractivity contribution in [3.05, 3.63) is 69.3 Å². The second-order valence-electron chi connectivity index (χ2n) is 10.4. The molecule has 1 saturated carbocycles. The van der Waals surface area contributed by atoms with Gasteiger partial charge in [0, 0.05) is 18.7 Å². The number of hydroxylamine groups is 2. The molecule has 1 spiro atoms. The Morgan fingerprint density at radius 2 is 1.97 bits per heavy atom. The zero-order valence-electron chi connectivity index (χ0n) is 19.9. The highest BCUT2D eigenvalue weighted by atomic mass is 16.7. The molecule has 0 N–H and O–H groups in total. The van der Waals surface area contributed by atoms with Crippen LogP contribution in [0.25, 0.3) is 0 Å². The number of nitrogens with zero attached hydrogens (tertiary/aromatic N) is 2. The molecule has 4 aliphatic rings. The lowest BCUT2D eigenvalue weighted by Gasteiger charge is -2.67. The Hall–Kier alpha value is -2.44. The quantitative estimate of drug-likeness (QED) is 0.381. The minimum atomic E-state index is -0.361. The number of nitro groups is 1. The predicted octanol–water partition coefficient (Wildman–Crippen LogP) is 6.02. The molecule has 3 fully saturated rings. The van der Waals surface area contributed by atoms with Gasteiger partial charge in [0.05, 0.1) is 24.2 Å². The SMILES string of the molecule is CCC[C@H]1[C@@H]2CCc3cc(OC)ccc3[C@@]23CC[C@]1(C)CN3OCc1ccc([N+](=O)[O-])cc1. The van der Waals surface area contributed by atoms with E-state index in [-0.39, 0.29) is 21.6 Å². The highest BCUT2D eigenvalue weighted by Gasteiger charge is 2.64. The Bertz CT molecular complexity index is 1040. The summed E-state index contributed by atoms with van der Waals surface area (Å²) < 4.78 is 5.53. The fourth-order valence-corrected chi connectivity index (χ4v) is 7.07. The normalized spacial score (nSPS) is 30.5. The zero-order chi connectivity index (χ0) is 23.2. The lowest BCUT2D eigenvalue weighted by Crippen LogP contribution is -2.68. The summed E-state index contributed by atoms with van der Waals surface area (Å²) in [6.07, 6.45) is 7.07. The van der Waals surface area contributed by atoms with Gasteiger partial charge in [0.15, 0.2) is 0 Å². The third kappa shape index (κ3) is 3.55. The standard InChI is InChI=1S/C27H34N2O4/c1-4-5-24-25-12-8-20-16-22(32-3)11-13-23(20)27(25)15-14-26(24,2)18-28(27)33-17-19-6-9-21(10-7-19)29(30)31/h6-7,9-11,13,16,24-25H,4-5,8,12,14-15,17-18H2,1-3H3/t24-,25-,26+,27-/m0/s1. The minimum absolute atomic E-state index is 0.111. The van der Waals surface area contributed by atoms with Crippen LogP contribution in [0, 0.1) is 27.4 Å². The fourth-order valence-electron chi connectivity index (χ4n) is 7.07. The van der Waals surface area contributed by atoms with Crippen molar-refractivity contribution >= 4 is 5.69 Å². The van der Waals surface area contributed by atoms with Crippen LogP contribution in [0.15, 0.2) is 42.5 Å². The summed E-state index contributed by atoms with van der Waals surface area (Å²) in [4.78, 5) is 17.2. The fraction of sp³-hybridized carbons (Fsp3) is 0.556. The molecule has 2 aromatic rings. The molecule has 6 nitrogen and oxygen atoms in total. The summed E-state index contributed by atoms with van der Waals surface area (Å²) in [5, 5.41) is 13.3. The summed E-state index contributed by atoms with van der Waals surface area (Å²) in [5.74, 6) is 2.19. The van der Waals surface area contributed by atoms with Gasteiger partial charge < -0.3 is 4.74 Å². The number of rotatable bonds is 7. The van der Waals surface area contributed by atoms with Crippen LogP contribution in [0.1, 0.15) is 62.6 Å². The highest BCUT2D eigenvalue weighted by Crippen LogP contribution is 2.65. The molecule has 33 heavy (non-hydrogen) atoms. The summed E-state index contributed by atoms with van der Waals surface area (Å²) in [6.45, 7) is 6.12. The number of non-ortho nitro benzene ring substituents is 1. The van der Waals surface area contributed by atoms with Crippen molar-refractivity contribution in [3.63, 3.8) is 0 Å². The molecule has 2 aliphatic carbocycles. The van der Waals surface area contributed by atoms with Crippen molar-refractivity contribution in [2.45, 2.75) is 64.5 Å². The van der Waals surface area contributed by atoms with Gasteiger partial charge in [-0.3, -0.25) is 15.0 Å². The van der Waals surface area contributed by atoms with Crippen LogP contribution in [0.5, 0.6) is 5.75 Å². The molecule has 6 rings (SSSR count). The topological polar surface area (TPSA) is 64.8 Å². The first kappa shape index (κ1) is 22.4. The van der Waals surface area contributed by atoms with Gasteiger partial charge in [-0.1, -0.05) is 26.3 Å². The Kier molecular flexibility index (Phi) is 5.69. The van der Waals surface area contributed by atoms with Gasteiger partial charge in [0.25, 0.3) is 5.69 Å². The molecule has 0 amide bonds.